The molecule has 0 atom stereocenters. The summed E-state index contributed by atoms with van der Waals surface area (Å²) in [7, 11) is 0. The molecule has 0 aromatic rings. The Hall–Kier alpha value is -0.610. The summed E-state index contributed by atoms with van der Waals surface area (Å²) in [5.74, 6) is 0.327. The average Bonchev–Trinajstić information content (AvgIpc) is 2.27. The van der Waals surface area contributed by atoms with E-state index in [4.69, 9.17) is 11.1 Å². The Kier molecular flexibility index (Phi) is 6.42. The van der Waals surface area contributed by atoms with Crippen LogP contribution in [-0.4, -0.2) is 54.9 Å². The highest BCUT2D eigenvalue weighted by Gasteiger charge is 2.14. The summed E-state index contributed by atoms with van der Waals surface area (Å²) in [5.41, 5.74) is 5.33. The van der Waals surface area contributed by atoms with Crippen molar-refractivity contribution in [3.63, 3.8) is 0 Å². The van der Waals surface area contributed by atoms with Crippen LogP contribution in [0, 0.1) is 5.41 Å². The van der Waals surface area contributed by atoms with Crippen LogP contribution in [0.5, 0.6) is 0 Å². The van der Waals surface area contributed by atoms with Crippen LogP contribution >= 0.6 is 0 Å². The van der Waals surface area contributed by atoms with E-state index in [-0.39, 0.29) is 0 Å². The van der Waals surface area contributed by atoms with Crippen molar-refractivity contribution in [2.45, 2.75) is 32.6 Å². The minimum Gasteiger partial charge on any atom is -0.388 e. The van der Waals surface area contributed by atoms with Gasteiger partial charge in [-0.2, -0.15) is 0 Å². The van der Waals surface area contributed by atoms with Crippen LogP contribution in [-0.2, 0) is 0 Å². The Bertz CT molecular complexity index is 197. The average molecular weight is 226 g/mol. The fourth-order valence-corrected chi connectivity index (χ4v) is 2.20. The zero-order chi connectivity index (χ0) is 11.8. The lowest BCUT2D eigenvalue weighted by Crippen LogP contribution is -2.46. The van der Waals surface area contributed by atoms with Crippen LogP contribution in [0.25, 0.3) is 0 Å². The maximum Gasteiger partial charge on any atom is 0.0905 e. The highest BCUT2D eigenvalue weighted by atomic mass is 15.3. The normalized spacial score (nSPS) is 18.8. The third kappa shape index (κ3) is 5.47. The first-order valence-corrected chi connectivity index (χ1v) is 6.50. The summed E-state index contributed by atoms with van der Waals surface area (Å²) in [4.78, 5) is 5.08. The molecule has 0 spiro atoms. The Labute approximate surface area is 99.3 Å². The number of rotatable bonds is 7. The van der Waals surface area contributed by atoms with Gasteiger partial charge >= 0.3 is 0 Å². The Morgan fingerprint density at radius 2 is 1.62 bits per heavy atom. The molecule has 0 unspecified atom stereocenters. The van der Waals surface area contributed by atoms with Crippen LogP contribution in [0.15, 0.2) is 0 Å². The van der Waals surface area contributed by atoms with Crippen molar-refractivity contribution >= 4 is 5.84 Å². The molecule has 1 heterocycles. The largest absolute Gasteiger partial charge is 0.388 e. The smallest absolute Gasteiger partial charge is 0.0905 e. The molecule has 94 valence electrons. The van der Waals surface area contributed by atoms with Gasteiger partial charge in [0.05, 0.1) is 5.84 Å². The second kappa shape index (κ2) is 7.63. The molecular formula is C12H26N4. The van der Waals surface area contributed by atoms with Gasteiger partial charge in [0.15, 0.2) is 0 Å². The summed E-state index contributed by atoms with van der Waals surface area (Å²) >= 11 is 0. The summed E-state index contributed by atoms with van der Waals surface area (Å²) in [5, 5.41) is 7.15. The molecule has 1 rings (SSSR count). The summed E-state index contributed by atoms with van der Waals surface area (Å²) < 4.78 is 0. The van der Waals surface area contributed by atoms with Crippen molar-refractivity contribution in [2.24, 2.45) is 5.73 Å². The standard InChI is InChI=1S/C12H26N4/c1-2-6-15-8-10-16(11-9-15)7-4-3-5-12(13)14/h2-11H2,1H3,(H3,13,14). The number of piperazine rings is 1. The molecular weight excluding hydrogens is 200 g/mol. The number of hydrogen-bond acceptors (Lipinski definition) is 3. The fraction of sp³-hybridized carbons (Fsp3) is 0.917. The van der Waals surface area contributed by atoms with Crippen LogP contribution < -0.4 is 5.73 Å². The van der Waals surface area contributed by atoms with Crippen LogP contribution in [0.4, 0.5) is 0 Å². The topological polar surface area (TPSA) is 56.4 Å². The minimum absolute atomic E-state index is 0.327. The second-order valence-electron chi connectivity index (χ2n) is 4.67. The van der Waals surface area contributed by atoms with E-state index in [0.717, 1.165) is 12.8 Å². The number of unbranched alkanes of at least 4 members (excludes halogenated alkanes) is 1. The number of nitrogens with zero attached hydrogens (tertiary/aromatic N) is 2. The molecule has 0 aromatic heterocycles. The van der Waals surface area contributed by atoms with E-state index in [9.17, 15) is 0 Å². The first-order valence-electron chi connectivity index (χ1n) is 6.50. The molecule has 0 bridgehead atoms. The number of nitrogens with one attached hydrogen (secondary N) is 1. The van der Waals surface area contributed by atoms with Gasteiger partial charge in [0.1, 0.15) is 0 Å². The number of amidine groups is 1. The van der Waals surface area contributed by atoms with Crippen molar-refractivity contribution in [2.75, 3.05) is 39.3 Å². The van der Waals surface area contributed by atoms with E-state index in [1.165, 1.54) is 52.1 Å². The molecule has 0 aliphatic carbocycles. The fourth-order valence-electron chi connectivity index (χ4n) is 2.20. The maximum absolute atomic E-state index is 7.15. The molecule has 1 aliphatic rings. The lowest BCUT2D eigenvalue weighted by atomic mass is 10.2. The zero-order valence-corrected chi connectivity index (χ0v) is 10.5. The van der Waals surface area contributed by atoms with Gasteiger partial charge in [-0.15, -0.1) is 0 Å². The Morgan fingerprint density at radius 1 is 1.06 bits per heavy atom. The predicted molar refractivity (Wildman–Crippen MR) is 68.9 cm³/mol. The van der Waals surface area contributed by atoms with Crippen molar-refractivity contribution in [1.82, 2.24) is 9.80 Å². The van der Waals surface area contributed by atoms with Crippen LogP contribution in [0.3, 0.4) is 0 Å². The van der Waals surface area contributed by atoms with Gasteiger partial charge in [-0.1, -0.05) is 6.92 Å². The van der Waals surface area contributed by atoms with Gasteiger partial charge in [-0.25, -0.2) is 0 Å². The van der Waals surface area contributed by atoms with Crippen molar-refractivity contribution in [1.29, 1.82) is 5.41 Å². The van der Waals surface area contributed by atoms with E-state index in [2.05, 4.69) is 16.7 Å². The van der Waals surface area contributed by atoms with Gasteiger partial charge in [0.25, 0.3) is 0 Å². The molecule has 4 nitrogen and oxygen atoms in total. The predicted octanol–water partition coefficient (Wildman–Crippen LogP) is 1.12. The van der Waals surface area contributed by atoms with Crippen LogP contribution in [0.2, 0.25) is 0 Å². The van der Waals surface area contributed by atoms with E-state index in [0.29, 0.717) is 5.84 Å². The third-order valence-electron chi connectivity index (χ3n) is 3.18. The minimum atomic E-state index is 0.327. The summed E-state index contributed by atoms with van der Waals surface area (Å²) in [6, 6.07) is 0. The lowest BCUT2D eigenvalue weighted by Gasteiger charge is -2.34. The van der Waals surface area contributed by atoms with E-state index in [1.807, 2.05) is 0 Å². The lowest BCUT2D eigenvalue weighted by molar-refractivity contribution is 0.131. The zero-order valence-electron chi connectivity index (χ0n) is 10.5. The van der Waals surface area contributed by atoms with Crippen molar-refractivity contribution in [3.8, 4) is 0 Å². The first kappa shape index (κ1) is 13.5. The molecule has 0 radical (unpaired) electrons. The molecule has 0 saturated carbocycles. The molecule has 0 aromatic carbocycles. The molecule has 1 saturated heterocycles. The van der Waals surface area contributed by atoms with Gasteiger partial charge in [-0.05, 0) is 32.4 Å². The van der Waals surface area contributed by atoms with Crippen molar-refractivity contribution < 1.29 is 0 Å². The summed E-state index contributed by atoms with van der Waals surface area (Å²) in [6.45, 7) is 9.53. The molecule has 1 aliphatic heterocycles. The highest BCUT2D eigenvalue weighted by Crippen LogP contribution is 2.05. The second-order valence-corrected chi connectivity index (χ2v) is 4.67. The van der Waals surface area contributed by atoms with E-state index < -0.39 is 0 Å². The molecule has 4 heteroatoms. The van der Waals surface area contributed by atoms with E-state index in [1.54, 1.807) is 0 Å². The quantitative estimate of drug-likeness (QED) is 0.388. The van der Waals surface area contributed by atoms with Gasteiger partial charge in [0.2, 0.25) is 0 Å². The number of hydrogen-bond donors (Lipinski definition) is 2. The Morgan fingerprint density at radius 3 is 2.12 bits per heavy atom. The maximum atomic E-state index is 7.15. The van der Waals surface area contributed by atoms with Crippen molar-refractivity contribution in [3.05, 3.63) is 0 Å². The molecule has 16 heavy (non-hydrogen) atoms. The molecule has 1 fully saturated rings. The Balaban J connectivity index is 2.01. The molecule has 0 amide bonds. The van der Waals surface area contributed by atoms with Gasteiger partial charge in [-0.3, -0.25) is 5.41 Å². The summed E-state index contributed by atoms with van der Waals surface area (Å²) in [6.07, 6.45) is 4.26. The molecule has 3 N–H and O–H groups in total. The van der Waals surface area contributed by atoms with Gasteiger partial charge in [0, 0.05) is 32.6 Å². The SMILES string of the molecule is CCCN1CCN(CCCCC(=N)N)CC1. The number of nitrogens with two attached hydrogens (primary N) is 1. The third-order valence-corrected chi connectivity index (χ3v) is 3.18. The van der Waals surface area contributed by atoms with E-state index >= 15 is 0 Å². The monoisotopic (exact) mass is 226 g/mol. The highest BCUT2D eigenvalue weighted by molar-refractivity contribution is 5.76. The van der Waals surface area contributed by atoms with Crippen LogP contribution in [0.1, 0.15) is 32.6 Å². The van der Waals surface area contributed by atoms with Gasteiger partial charge < -0.3 is 15.5 Å². The first-order chi connectivity index (χ1) is 7.72.